The lowest BCUT2D eigenvalue weighted by Crippen LogP contribution is -2.05. The molecule has 0 heterocycles. The van der Waals surface area contributed by atoms with Gasteiger partial charge < -0.3 is 37.9 Å². The number of rotatable bonds is 104. The monoisotopic (exact) mass is 1810 g/mol. The molecule has 8 nitrogen and oxygen atoms in total. The van der Waals surface area contributed by atoms with Crippen molar-refractivity contribution < 1.29 is 37.9 Å². The van der Waals surface area contributed by atoms with Gasteiger partial charge in [0, 0.05) is 47.6 Å². The van der Waals surface area contributed by atoms with E-state index in [0.717, 1.165) is 119 Å². The van der Waals surface area contributed by atoms with E-state index in [1.807, 2.05) is 0 Å². The SMILES string of the molecule is CCCCCCCCCCCCCCCCOc1cc(/C=C/c2cc(OCCCCCCCCCCCCCCCC)c(COC)cc2OCCCCCCCCCCCCCCCC)c(OCCCCCCCCCCCCCCCC)cc1/C=C/c1cc(OCCCCCCCCCCCCCCCC)c(COC)cc1OCCCCCCCCCCCCCCCC. The third kappa shape index (κ3) is 71.4. The minimum Gasteiger partial charge on any atom is -0.493 e. The summed E-state index contributed by atoms with van der Waals surface area (Å²) in [5.74, 6) is 5.25. The number of unbranched alkanes of at least 4 members (excludes halogenated alkanes) is 78. The Bertz CT molecular complexity index is 2720. The van der Waals surface area contributed by atoms with Gasteiger partial charge in [0.05, 0.1) is 52.9 Å². The van der Waals surface area contributed by atoms with E-state index in [1.165, 1.54) is 488 Å². The molecule has 0 fully saturated rings. The smallest absolute Gasteiger partial charge is 0.127 e. The first-order chi connectivity index (χ1) is 64.5. The lowest BCUT2D eigenvalue weighted by Gasteiger charge is -2.18. The van der Waals surface area contributed by atoms with Crippen molar-refractivity contribution in [3.05, 3.63) is 69.8 Å². The highest BCUT2D eigenvalue weighted by molar-refractivity contribution is 5.81. The van der Waals surface area contributed by atoms with Gasteiger partial charge in [-0.1, -0.05) is 567 Å². The van der Waals surface area contributed by atoms with Crippen molar-refractivity contribution in [2.75, 3.05) is 53.9 Å². The van der Waals surface area contributed by atoms with Gasteiger partial charge in [0.15, 0.2) is 0 Å². The molecule has 0 spiro atoms. The first-order valence-corrected chi connectivity index (χ1v) is 58.1. The molecule has 0 saturated carbocycles. The fourth-order valence-corrected chi connectivity index (χ4v) is 18.9. The van der Waals surface area contributed by atoms with Crippen molar-refractivity contribution in [1.29, 1.82) is 0 Å². The molecule has 0 aliphatic rings. The first-order valence-electron chi connectivity index (χ1n) is 58.1. The van der Waals surface area contributed by atoms with E-state index in [4.69, 9.17) is 37.9 Å². The molecule has 3 rings (SSSR count). The van der Waals surface area contributed by atoms with Crippen LogP contribution in [0, 0.1) is 0 Å². The molecule has 0 aromatic heterocycles. The van der Waals surface area contributed by atoms with E-state index < -0.39 is 0 Å². The number of ether oxygens (including phenoxy) is 8. The second-order valence-corrected chi connectivity index (χ2v) is 40.1. The Balaban J connectivity index is 2.13. The predicted molar refractivity (Wildman–Crippen MR) is 573 cm³/mol. The highest BCUT2D eigenvalue weighted by Gasteiger charge is 2.18. The summed E-state index contributed by atoms with van der Waals surface area (Å²) in [5, 5.41) is 0. The molecule has 0 aliphatic heterocycles. The second kappa shape index (κ2) is 95.2. The summed E-state index contributed by atoms with van der Waals surface area (Å²) in [6.45, 7) is 18.8. The summed E-state index contributed by atoms with van der Waals surface area (Å²) >= 11 is 0. The molecular formula is C122H218O8. The molecule has 0 amide bonds. The maximum absolute atomic E-state index is 7.18. The van der Waals surface area contributed by atoms with E-state index in [-0.39, 0.29) is 0 Å². The minimum atomic E-state index is 0.456. The van der Waals surface area contributed by atoms with E-state index in [0.29, 0.717) is 52.9 Å². The van der Waals surface area contributed by atoms with Crippen LogP contribution in [0.25, 0.3) is 24.3 Å². The Hall–Kier alpha value is -4.14. The van der Waals surface area contributed by atoms with Crippen molar-refractivity contribution in [3.8, 4) is 34.5 Å². The zero-order valence-corrected chi connectivity index (χ0v) is 88.1. The number of benzene rings is 3. The zero-order chi connectivity index (χ0) is 92.7. The van der Waals surface area contributed by atoms with Crippen molar-refractivity contribution in [2.45, 2.75) is 594 Å². The molecule has 0 atom stereocenters. The number of hydrogen-bond acceptors (Lipinski definition) is 8. The normalized spacial score (nSPS) is 11.8. The Morgan fingerprint density at radius 3 is 0.400 bits per heavy atom. The number of hydrogen-bond donors (Lipinski definition) is 0. The second-order valence-electron chi connectivity index (χ2n) is 40.1. The molecule has 754 valence electrons. The zero-order valence-electron chi connectivity index (χ0n) is 88.1. The van der Waals surface area contributed by atoms with E-state index in [2.05, 4.69) is 102 Å². The first kappa shape index (κ1) is 120. The van der Waals surface area contributed by atoms with Crippen LogP contribution in [0.2, 0.25) is 0 Å². The van der Waals surface area contributed by atoms with Crippen LogP contribution in [0.5, 0.6) is 34.5 Å². The minimum absolute atomic E-state index is 0.456. The average molecular weight is 1810 g/mol. The van der Waals surface area contributed by atoms with Crippen molar-refractivity contribution in [1.82, 2.24) is 0 Å². The molecule has 0 N–H and O–H groups in total. The lowest BCUT2D eigenvalue weighted by molar-refractivity contribution is 0.178. The van der Waals surface area contributed by atoms with Gasteiger partial charge in [-0.05, 0) is 74.9 Å². The molecule has 3 aromatic carbocycles. The topological polar surface area (TPSA) is 73.8 Å². The third-order valence-electron chi connectivity index (χ3n) is 27.5. The predicted octanol–water partition coefficient (Wildman–Crippen LogP) is 41.5. The fraction of sp³-hybridized carbons (Fsp3) is 0.820. The van der Waals surface area contributed by atoms with Crippen LogP contribution in [0.1, 0.15) is 614 Å². The summed E-state index contributed by atoms with van der Waals surface area (Å²) in [7, 11) is 3.61. The molecule has 8 heteroatoms. The summed E-state index contributed by atoms with van der Waals surface area (Å²) in [6.07, 6.45) is 121. The number of methoxy groups -OCH3 is 2. The summed E-state index contributed by atoms with van der Waals surface area (Å²) < 4.78 is 54.0. The average Bonchev–Trinajstić information content (AvgIpc) is 0.809. The van der Waals surface area contributed by atoms with Crippen LogP contribution in [0.3, 0.4) is 0 Å². The van der Waals surface area contributed by atoms with Crippen LogP contribution in [-0.2, 0) is 22.7 Å². The summed E-state index contributed by atoms with van der Waals surface area (Å²) in [4.78, 5) is 0. The van der Waals surface area contributed by atoms with Crippen LogP contribution >= 0.6 is 0 Å². The van der Waals surface area contributed by atoms with E-state index in [1.54, 1.807) is 14.2 Å². The Morgan fingerprint density at radius 2 is 0.262 bits per heavy atom. The standard InChI is InChI=1S/C122H218O8/c1-9-15-21-27-33-39-45-51-57-63-69-75-81-87-97-125-117-103-112(94-96-114-106-122(130-102-92-86-80-74-68-62-56-50-44-38-32-26-20-14-6)116(110-124-8)108-120(114)128-100-90-84-78-72-66-60-54-48-42-36-30-24-18-12-4)118(126-98-88-82-76-70-64-58-52-46-40-34-28-22-16-10-2)104-111(117)93-95-113-105-121(129-101-91-85-79-73-67-61-55-49-43-37-31-25-19-13-5)115(109-123-7)107-119(113)127-99-89-83-77-71-65-59-53-47-41-35-29-23-17-11-3/h93-96,103-108H,9-92,97-102,109-110H2,1-8H3/b95-93+,96-94+. The van der Waals surface area contributed by atoms with Gasteiger partial charge in [-0.15, -0.1) is 0 Å². The van der Waals surface area contributed by atoms with E-state index >= 15 is 0 Å². The van der Waals surface area contributed by atoms with Gasteiger partial charge in [0.25, 0.3) is 0 Å². The van der Waals surface area contributed by atoms with Gasteiger partial charge >= 0.3 is 0 Å². The summed E-state index contributed by atoms with van der Waals surface area (Å²) in [5.41, 5.74) is 6.09. The Labute approximate surface area is 809 Å². The van der Waals surface area contributed by atoms with Gasteiger partial charge in [-0.25, -0.2) is 0 Å². The van der Waals surface area contributed by atoms with E-state index in [9.17, 15) is 0 Å². The van der Waals surface area contributed by atoms with Gasteiger partial charge in [-0.2, -0.15) is 0 Å². The van der Waals surface area contributed by atoms with Crippen molar-refractivity contribution >= 4 is 24.3 Å². The highest BCUT2D eigenvalue weighted by atomic mass is 16.5. The molecule has 0 radical (unpaired) electrons. The quantitative estimate of drug-likeness (QED) is 0.0409. The maximum Gasteiger partial charge on any atom is 0.127 e. The van der Waals surface area contributed by atoms with Gasteiger partial charge in [0.2, 0.25) is 0 Å². The molecule has 0 bridgehead atoms. The largest absolute Gasteiger partial charge is 0.493 e. The third-order valence-corrected chi connectivity index (χ3v) is 27.5. The molecule has 0 unspecified atom stereocenters. The van der Waals surface area contributed by atoms with Crippen molar-refractivity contribution in [2.24, 2.45) is 0 Å². The van der Waals surface area contributed by atoms with Gasteiger partial charge in [-0.3, -0.25) is 0 Å². The lowest BCUT2D eigenvalue weighted by atomic mass is 10.0. The van der Waals surface area contributed by atoms with Gasteiger partial charge in [0.1, 0.15) is 34.5 Å². The molecular weight excluding hydrogens is 1590 g/mol. The Morgan fingerprint density at radius 1 is 0.146 bits per heavy atom. The highest BCUT2D eigenvalue weighted by Crippen LogP contribution is 2.39. The van der Waals surface area contributed by atoms with Crippen LogP contribution in [-0.4, -0.2) is 53.9 Å². The Kier molecular flexibility index (Phi) is 87.9. The molecule has 3 aromatic rings. The van der Waals surface area contributed by atoms with Crippen molar-refractivity contribution in [3.63, 3.8) is 0 Å². The van der Waals surface area contributed by atoms with Crippen LogP contribution < -0.4 is 28.4 Å². The van der Waals surface area contributed by atoms with Crippen LogP contribution in [0.15, 0.2) is 36.4 Å². The molecule has 0 saturated heterocycles. The molecule has 0 aliphatic carbocycles. The fourth-order valence-electron chi connectivity index (χ4n) is 18.9. The molecule has 130 heavy (non-hydrogen) atoms. The van der Waals surface area contributed by atoms with Crippen LogP contribution in [0.4, 0.5) is 0 Å². The maximum atomic E-state index is 7.18. The summed E-state index contributed by atoms with van der Waals surface area (Å²) in [6, 6.07) is 13.5.